The molecule has 0 bridgehead atoms. The number of amides is 2. The van der Waals surface area contributed by atoms with Crippen LogP contribution in [0, 0.1) is 20.8 Å². The molecule has 1 aromatic heterocycles. The van der Waals surface area contributed by atoms with E-state index in [1.807, 2.05) is 32.9 Å². The van der Waals surface area contributed by atoms with Crippen LogP contribution in [0.4, 0.5) is 5.69 Å². The van der Waals surface area contributed by atoms with Crippen molar-refractivity contribution < 1.29 is 9.59 Å². The Bertz CT molecular complexity index is 805. The van der Waals surface area contributed by atoms with Crippen LogP contribution in [0.5, 0.6) is 0 Å². The van der Waals surface area contributed by atoms with Crippen molar-refractivity contribution in [3.63, 3.8) is 0 Å². The van der Waals surface area contributed by atoms with E-state index in [1.165, 1.54) is 11.3 Å². The molecule has 7 heteroatoms. The van der Waals surface area contributed by atoms with E-state index in [2.05, 4.69) is 26.6 Å². The Morgan fingerprint density at radius 2 is 1.81 bits per heavy atom. The predicted octanol–water partition coefficient (Wildman–Crippen LogP) is 2.90. The van der Waals surface area contributed by atoms with Crippen LogP contribution in [0.25, 0.3) is 0 Å². The zero-order chi connectivity index (χ0) is 19.4. The Morgan fingerprint density at radius 1 is 1.15 bits per heavy atom. The van der Waals surface area contributed by atoms with E-state index in [4.69, 9.17) is 0 Å². The highest BCUT2D eigenvalue weighted by molar-refractivity contribution is 7.11. The number of carbonyl (C=O) groups is 2. The van der Waals surface area contributed by atoms with Gasteiger partial charge >= 0.3 is 0 Å². The minimum absolute atomic E-state index is 0.00257. The molecule has 1 aliphatic heterocycles. The fourth-order valence-electron chi connectivity index (χ4n) is 3.46. The zero-order valence-corrected chi connectivity index (χ0v) is 16.9. The van der Waals surface area contributed by atoms with Crippen molar-refractivity contribution in [1.29, 1.82) is 0 Å². The van der Waals surface area contributed by atoms with E-state index < -0.39 is 0 Å². The van der Waals surface area contributed by atoms with E-state index in [1.54, 1.807) is 5.51 Å². The van der Waals surface area contributed by atoms with Crippen LogP contribution < -0.4 is 10.6 Å². The van der Waals surface area contributed by atoms with Crippen LogP contribution in [-0.4, -0.2) is 47.4 Å². The SMILES string of the molecule is Cc1cc(C)cc(NC(=O)CN2CCC(NC(=O)c3scnc3C)CC2)c1. The Balaban J connectivity index is 1.44. The second kappa shape index (κ2) is 8.63. The molecular formula is C20H26N4O2S. The maximum atomic E-state index is 12.3. The number of rotatable bonds is 5. The summed E-state index contributed by atoms with van der Waals surface area (Å²) >= 11 is 1.37. The Morgan fingerprint density at radius 3 is 2.41 bits per heavy atom. The second-order valence-electron chi connectivity index (χ2n) is 7.22. The smallest absolute Gasteiger partial charge is 0.263 e. The number of likely N-dealkylation sites (tertiary alicyclic amines) is 1. The summed E-state index contributed by atoms with van der Waals surface area (Å²) < 4.78 is 0. The minimum atomic E-state index is -0.0407. The normalized spacial score (nSPS) is 15.5. The second-order valence-corrected chi connectivity index (χ2v) is 8.07. The van der Waals surface area contributed by atoms with Crippen LogP contribution in [0.3, 0.4) is 0 Å². The van der Waals surface area contributed by atoms with Crippen molar-refractivity contribution in [2.24, 2.45) is 0 Å². The standard InChI is InChI=1S/C20H26N4O2S/c1-13-8-14(2)10-17(9-13)22-18(25)11-24-6-4-16(5-7-24)23-20(26)19-15(3)21-12-27-19/h8-10,12,16H,4-7,11H2,1-3H3,(H,22,25)(H,23,26). The summed E-state index contributed by atoms with van der Waals surface area (Å²) in [5, 5.41) is 6.08. The van der Waals surface area contributed by atoms with Gasteiger partial charge in [-0.3, -0.25) is 14.5 Å². The van der Waals surface area contributed by atoms with Crippen molar-refractivity contribution in [1.82, 2.24) is 15.2 Å². The summed E-state index contributed by atoms with van der Waals surface area (Å²) in [4.78, 5) is 31.6. The molecule has 0 spiro atoms. The van der Waals surface area contributed by atoms with Gasteiger partial charge in [0.15, 0.2) is 0 Å². The van der Waals surface area contributed by atoms with Gasteiger partial charge in [0, 0.05) is 24.8 Å². The third-order valence-electron chi connectivity index (χ3n) is 4.75. The number of anilines is 1. The molecule has 2 N–H and O–H groups in total. The lowest BCUT2D eigenvalue weighted by Crippen LogP contribution is -2.46. The number of thiazole rings is 1. The first-order valence-corrected chi connectivity index (χ1v) is 10.1. The Labute approximate surface area is 164 Å². The van der Waals surface area contributed by atoms with E-state index in [0.29, 0.717) is 11.4 Å². The summed E-state index contributed by atoms with van der Waals surface area (Å²) in [6.45, 7) is 7.87. The van der Waals surface area contributed by atoms with Crippen molar-refractivity contribution >= 4 is 28.8 Å². The van der Waals surface area contributed by atoms with E-state index >= 15 is 0 Å². The molecule has 1 aromatic carbocycles. The number of nitrogens with one attached hydrogen (secondary N) is 2. The number of aryl methyl sites for hydroxylation is 3. The van der Waals surface area contributed by atoms with Crippen LogP contribution in [0.2, 0.25) is 0 Å². The largest absolute Gasteiger partial charge is 0.348 e. The number of hydrogen-bond donors (Lipinski definition) is 2. The molecule has 6 nitrogen and oxygen atoms in total. The molecule has 2 aromatic rings. The summed E-state index contributed by atoms with van der Waals surface area (Å²) in [6, 6.07) is 6.20. The third kappa shape index (κ3) is 5.37. The van der Waals surface area contributed by atoms with E-state index in [0.717, 1.165) is 48.4 Å². The summed E-state index contributed by atoms with van der Waals surface area (Å²) in [5.41, 5.74) is 5.59. The van der Waals surface area contributed by atoms with Gasteiger partial charge in [-0.25, -0.2) is 4.98 Å². The van der Waals surface area contributed by atoms with Crippen molar-refractivity contribution in [3.05, 3.63) is 45.4 Å². The first kappa shape index (κ1) is 19.5. The van der Waals surface area contributed by atoms with Gasteiger partial charge in [-0.15, -0.1) is 11.3 Å². The molecule has 1 aliphatic rings. The summed E-state index contributed by atoms with van der Waals surface area (Å²) in [5.74, 6) is -0.0382. The topological polar surface area (TPSA) is 74.3 Å². The van der Waals surface area contributed by atoms with Crippen molar-refractivity contribution in [2.45, 2.75) is 39.7 Å². The van der Waals surface area contributed by atoms with Gasteiger partial charge < -0.3 is 10.6 Å². The van der Waals surface area contributed by atoms with Crippen LogP contribution in [0.15, 0.2) is 23.7 Å². The molecule has 2 amide bonds. The highest BCUT2D eigenvalue weighted by Crippen LogP contribution is 2.16. The Hall–Kier alpha value is -2.25. The lowest BCUT2D eigenvalue weighted by Gasteiger charge is -2.31. The number of nitrogens with zero attached hydrogens (tertiary/aromatic N) is 2. The van der Waals surface area contributed by atoms with Gasteiger partial charge in [0.05, 0.1) is 17.7 Å². The van der Waals surface area contributed by atoms with Crippen molar-refractivity contribution in [3.8, 4) is 0 Å². The molecule has 0 unspecified atom stereocenters. The number of carbonyl (C=O) groups excluding carboxylic acids is 2. The monoisotopic (exact) mass is 386 g/mol. The zero-order valence-electron chi connectivity index (χ0n) is 16.0. The van der Waals surface area contributed by atoms with Crippen LogP contribution >= 0.6 is 11.3 Å². The quantitative estimate of drug-likeness (QED) is 0.829. The number of aromatic nitrogens is 1. The molecule has 144 valence electrons. The maximum absolute atomic E-state index is 12.3. The van der Waals surface area contributed by atoms with Gasteiger partial charge in [-0.05, 0) is 56.9 Å². The summed E-state index contributed by atoms with van der Waals surface area (Å²) in [7, 11) is 0. The average Bonchev–Trinajstić information content (AvgIpc) is 3.01. The summed E-state index contributed by atoms with van der Waals surface area (Å²) in [6.07, 6.45) is 1.70. The molecule has 0 atom stereocenters. The highest BCUT2D eigenvalue weighted by Gasteiger charge is 2.23. The molecule has 1 fully saturated rings. The third-order valence-corrected chi connectivity index (χ3v) is 5.67. The van der Waals surface area contributed by atoms with Gasteiger partial charge in [-0.2, -0.15) is 0 Å². The molecule has 3 rings (SSSR count). The molecule has 0 radical (unpaired) electrons. The molecule has 0 saturated carbocycles. The van der Waals surface area contributed by atoms with E-state index in [-0.39, 0.29) is 17.9 Å². The lowest BCUT2D eigenvalue weighted by molar-refractivity contribution is -0.117. The average molecular weight is 387 g/mol. The maximum Gasteiger partial charge on any atom is 0.263 e. The van der Waals surface area contributed by atoms with E-state index in [9.17, 15) is 9.59 Å². The number of benzene rings is 1. The number of hydrogen-bond acceptors (Lipinski definition) is 5. The molecule has 2 heterocycles. The lowest BCUT2D eigenvalue weighted by atomic mass is 10.0. The van der Waals surface area contributed by atoms with Crippen LogP contribution in [0.1, 0.15) is 39.3 Å². The predicted molar refractivity (Wildman–Crippen MR) is 108 cm³/mol. The number of piperidine rings is 1. The van der Waals surface area contributed by atoms with Gasteiger partial charge in [0.25, 0.3) is 5.91 Å². The van der Waals surface area contributed by atoms with Gasteiger partial charge in [-0.1, -0.05) is 6.07 Å². The first-order valence-electron chi connectivity index (χ1n) is 9.22. The molecule has 27 heavy (non-hydrogen) atoms. The fourth-order valence-corrected chi connectivity index (χ4v) is 4.16. The first-order chi connectivity index (χ1) is 12.9. The van der Waals surface area contributed by atoms with Crippen molar-refractivity contribution in [2.75, 3.05) is 25.0 Å². The fraction of sp³-hybridized carbons (Fsp3) is 0.450. The van der Waals surface area contributed by atoms with Gasteiger partial charge in [0.2, 0.25) is 5.91 Å². The molecule has 0 aliphatic carbocycles. The van der Waals surface area contributed by atoms with Crippen LogP contribution in [-0.2, 0) is 4.79 Å². The molecular weight excluding hydrogens is 360 g/mol. The van der Waals surface area contributed by atoms with Gasteiger partial charge in [0.1, 0.15) is 4.88 Å². The molecule has 1 saturated heterocycles. The Kier molecular flexibility index (Phi) is 6.23. The highest BCUT2D eigenvalue weighted by atomic mass is 32.1. The minimum Gasteiger partial charge on any atom is -0.348 e.